The summed E-state index contributed by atoms with van der Waals surface area (Å²) in [4.78, 5) is 2.54. The van der Waals surface area contributed by atoms with Crippen molar-refractivity contribution in [3.8, 4) is 55.6 Å². The van der Waals surface area contributed by atoms with Crippen molar-refractivity contribution in [2.45, 2.75) is 50.9 Å². The van der Waals surface area contributed by atoms with E-state index >= 15 is 0 Å². The summed E-state index contributed by atoms with van der Waals surface area (Å²) in [5.41, 5.74) is 25.2. The van der Waals surface area contributed by atoms with Crippen molar-refractivity contribution in [1.82, 2.24) is 0 Å². The molecule has 0 aromatic heterocycles. The normalized spacial score (nSPS) is 16.7. The average Bonchev–Trinajstić information content (AvgIpc) is 3.83. The summed E-state index contributed by atoms with van der Waals surface area (Å²) < 4.78 is 0. The molecule has 3 aliphatic rings. The molecule has 0 aliphatic heterocycles. The molecule has 1 nitrogen and oxygen atoms in total. The molecule has 0 N–H and O–H groups in total. The third-order valence-corrected chi connectivity index (χ3v) is 15.0. The zero-order chi connectivity index (χ0) is 42.7. The number of anilines is 3. The Hall–Kier alpha value is -7.22. The zero-order valence-electron chi connectivity index (χ0n) is 36.6. The predicted octanol–water partition coefficient (Wildman–Crippen LogP) is 16.4. The van der Waals surface area contributed by atoms with E-state index in [0.717, 1.165) is 17.1 Å². The van der Waals surface area contributed by atoms with E-state index in [-0.39, 0.29) is 16.2 Å². The number of para-hydroxylation sites is 2. The molecule has 63 heavy (non-hydrogen) atoms. The Morgan fingerprint density at radius 3 is 1.49 bits per heavy atom. The van der Waals surface area contributed by atoms with Gasteiger partial charge in [0.05, 0.1) is 11.4 Å². The third kappa shape index (κ3) is 5.29. The van der Waals surface area contributed by atoms with Crippen molar-refractivity contribution in [3.63, 3.8) is 0 Å². The monoisotopic (exact) mass is 807 g/mol. The van der Waals surface area contributed by atoms with Gasteiger partial charge in [0.15, 0.2) is 0 Å². The highest BCUT2D eigenvalue weighted by atomic mass is 15.1. The van der Waals surface area contributed by atoms with Gasteiger partial charge in [-0.15, -0.1) is 0 Å². The van der Waals surface area contributed by atoms with Crippen molar-refractivity contribution < 1.29 is 0 Å². The number of nitrogens with zero attached hydrogens (tertiary/aromatic N) is 1. The van der Waals surface area contributed by atoms with Gasteiger partial charge >= 0.3 is 0 Å². The van der Waals surface area contributed by atoms with E-state index in [0.29, 0.717) is 0 Å². The van der Waals surface area contributed by atoms with E-state index in [1.807, 2.05) is 0 Å². The topological polar surface area (TPSA) is 3.24 Å². The highest BCUT2D eigenvalue weighted by molar-refractivity contribution is 6.01. The van der Waals surface area contributed by atoms with E-state index in [2.05, 4.69) is 246 Å². The van der Waals surface area contributed by atoms with Gasteiger partial charge < -0.3 is 4.90 Å². The van der Waals surface area contributed by atoms with Gasteiger partial charge in [-0.1, -0.05) is 204 Å². The highest BCUT2D eigenvalue weighted by Crippen LogP contribution is 2.57. The Morgan fingerprint density at radius 2 is 0.762 bits per heavy atom. The molecule has 0 fully saturated rings. The highest BCUT2D eigenvalue weighted by Gasteiger charge is 2.42. The van der Waals surface area contributed by atoms with Gasteiger partial charge in [-0.3, -0.25) is 0 Å². The molecule has 3 aliphatic carbocycles. The summed E-state index contributed by atoms with van der Waals surface area (Å²) in [6.45, 7) is 11.9. The van der Waals surface area contributed by atoms with Gasteiger partial charge in [-0.05, 0) is 121 Å². The minimum absolute atomic E-state index is 0.0625. The molecule has 0 saturated carbocycles. The van der Waals surface area contributed by atoms with Crippen molar-refractivity contribution in [2.75, 3.05) is 4.90 Å². The van der Waals surface area contributed by atoms with Crippen LogP contribution in [0.25, 0.3) is 55.6 Å². The molecule has 1 unspecified atom stereocenters. The maximum atomic E-state index is 2.54. The van der Waals surface area contributed by atoms with Crippen LogP contribution in [0.1, 0.15) is 73.6 Å². The summed E-state index contributed by atoms with van der Waals surface area (Å²) in [7, 11) is 0. The van der Waals surface area contributed by atoms with Crippen LogP contribution in [0, 0.1) is 0 Å². The van der Waals surface area contributed by atoms with Crippen LogP contribution in [-0.4, -0.2) is 0 Å². The first-order valence-electron chi connectivity index (χ1n) is 22.4. The molecule has 1 atom stereocenters. The number of benzene rings is 9. The van der Waals surface area contributed by atoms with Crippen LogP contribution >= 0.6 is 0 Å². The molecule has 302 valence electrons. The fraction of sp³-hybridized carbons (Fsp3) is 0.129. The quantitative estimate of drug-likeness (QED) is 0.162. The Kier molecular flexibility index (Phi) is 8.13. The van der Waals surface area contributed by atoms with Crippen molar-refractivity contribution in [1.29, 1.82) is 0 Å². The summed E-state index contributed by atoms with van der Waals surface area (Å²) in [6.07, 6.45) is 0. The summed E-state index contributed by atoms with van der Waals surface area (Å²) in [5, 5.41) is 0. The van der Waals surface area contributed by atoms with Gasteiger partial charge in [-0.25, -0.2) is 0 Å². The molecule has 0 saturated heterocycles. The molecular weight excluding hydrogens is 759 g/mol. The van der Waals surface area contributed by atoms with Crippen molar-refractivity contribution in [3.05, 3.63) is 245 Å². The SMILES string of the molecule is CC1(C)c2ccccc2-c2cc(-c3ccccc3N(c3ccc4c(c3)-c3ccccc3C4(C)c3ccccc3)c3ccccc3-c3cccc4c3-c3ccccc3C4(C)C)ccc21. The summed E-state index contributed by atoms with van der Waals surface area (Å²) in [6, 6.07) is 77.5. The van der Waals surface area contributed by atoms with Gasteiger partial charge in [0, 0.05) is 33.1 Å². The minimum Gasteiger partial charge on any atom is -0.309 e. The minimum atomic E-state index is -0.286. The molecule has 0 amide bonds. The number of hydrogen-bond donors (Lipinski definition) is 0. The Labute approximate surface area is 372 Å². The number of fused-ring (bicyclic) bond motifs is 9. The maximum Gasteiger partial charge on any atom is 0.0540 e. The van der Waals surface area contributed by atoms with Crippen LogP contribution in [0.4, 0.5) is 17.1 Å². The largest absolute Gasteiger partial charge is 0.309 e. The average molecular weight is 808 g/mol. The number of hydrogen-bond acceptors (Lipinski definition) is 1. The fourth-order valence-electron chi connectivity index (χ4n) is 11.8. The fourth-order valence-corrected chi connectivity index (χ4v) is 11.8. The first-order chi connectivity index (χ1) is 30.7. The molecule has 0 heterocycles. The zero-order valence-corrected chi connectivity index (χ0v) is 36.6. The smallest absolute Gasteiger partial charge is 0.0540 e. The van der Waals surface area contributed by atoms with Gasteiger partial charge in [0.2, 0.25) is 0 Å². The second kappa shape index (κ2) is 13.6. The van der Waals surface area contributed by atoms with Crippen LogP contribution in [0.3, 0.4) is 0 Å². The van der Waals surface area contributed by atoms with Crippen molar-refractivity contribution >= 4 is 17.1 Å². The van der Waals surface area contributed by atoms with E-state index < -0.39 is 0 Å². The van der Waals surface area contributed by atoms with Crippen LogP contribution in [0.2, 0.25) is 0 Å². The van der Waals surface area contributed by atoms with Crippen LogP contribution in [-0.2, 0) is 16.2 Å². The first-order valence-corrected chi connectivity index (χ1v) is 22.4. The molecule has 0 radical (unpaired) electrons. The van der Waals surface area contributed by atoms with E-state index in [1.165, 1.54) is 94.6 Å². The third-order valence-electron chi connectivity index (χ3n) is 15.0. The summed E-state index contributed by atoms with van der Waals surface area (Å²) in [5.74, 6) is 0. The van der Waals surface area contributed by atoms with E-state index in [1.54, 1.807) is 0 Å². The molecule has 9 aromatic rings. The van der Waals surface area contributed by atoms with Crippen LogP contribution in [0.15, 0.2) is 206 Å². The van der Waals surface area contributed by atoms with E-state index in [9.17, 15) is 0 Å². The molecule has 0 bridgehead atoms. The second-order valence-electron chi connectivity index (χ2n) is 19.0. The lowest BCUT2D eigenvalue weighted by Crippen LogP contribution is -2.22. The lowest BCUT2D eigenvalue weighted by atomic mass is 9.74. The van der Waals surface area contributed by atoms with Gasteiger partial charge in [-0.2, -0.15) is 0 Å². The molecule has 0 spiro atoms. The summed E-state index contributed by atoms with van der Waals surface area (Å²) >= 11 is 0. The van der Waals surface area contributed by atoms with Crippen molar-refractivity contribution in [2.24, 2.45) is 0 Å². The van der Waals surface area contributed by atoms with Gasteiger partial charge in [0.25, 0.3) is 0 Å². The predicted molar refractivity (Wildman–Crippen MR) is 265 cm³/mol. The first kappa shape index (κ1) is 37.5. The Morgan fingerprint density at radius 1 is 0.302 bits per heavy atom. The molecular formula is C62H49N. The Bertz CT molecular complexity index is 3310. The standard InChI is InChI=1S/C62H49N/c1-60(2)51-28-14-9-23-44(51)49-38-40(34-36-53(49)60)43-22-12-17-32-57(43)63(42-35-37-55-50(39-42)45-24-10-16-30-54(45)62(55,5)41-20-7-6-8-21-41)58-33-18-13-25-46(58)47-27-19-31-56-59(47)48-26-11-15-29-52(48)61(56,3)4/h6-39H,1-5H3. The lowest BCUT2D eigenvalue weighted by molar-refractivity contribution is 0.660. The molecule has 9 aromatic carbocycles. The van der Waals surface area contributed by atoms with Crippen LogP contribution in [0.5, 0.6) is 0 Å². The molecule has 12 rings (SSSR count). The van der Waals surface area contributed by atoms with Gasteiger partial charge in [0.1, 0.15) is 0 Å². The lowest BCUT2D eigenvalue weighted by Gasteiger charge is -2.32. The van der Waals surface area contributed by atoms with Crippen LogP contribution < -0.4 is 4.90 Å². The second-order valence-corrected chi connectivity index (χ2v) is 19.0. The molecule has 1 heteroatoms. The Balaban J connectivity index is 1.11. The number of rotatable bonds is 6. The maximum absolute atomic E-state index is 2.54. The van der Waals surface area contributed by atoms with E-state index in [4.69, 9.17) is 0 Å².